The van der Waals surface area contributed by atoms with Crippen molar-refractivity contribution in [3.8, 4) is 11.5 Å². The summed E-state index contributed by atoms with van der Waals surface area (Å²) < 4.78 is 10.6. The van der Waals surface area contributed by atoms with Gasteiger partial charge in [-0.3, -0.25) is 4.79 Å². The van der Waals surface area contributed by atoms with E-state index in [0.717, 1.165) is 36.0 Å². The third kappa shape index (κ3) is 3.56. The lowest BCUT2D eigenvalue weighted by Crippen LogP contribution is -2.05. The highest BCUT2D eigenvalue weighted by atomic mass is 16.6. The number of methoxy groups -OCH3 is 1. The molecule has 0 radical (unpaired) electrons. The van der Waals surface area contributed by atoms with Crippen molar-refractivity contribution in [3.05, 3.63) is 65.4 Å². The summed E-state index contributed by atoms with van der Waals surface area (Å²) in [5, 5.41) is 1.19. The summed E-state index contributed by atoms with van der Waals surface area (Å²) in [7, 11) is 1.57. The van der Waals surface area contributed by atoms with Crippen molar-refractivity contribution < 1.29 is 14.3 Å². The van der Waals surface area contributed by atoms with Crippen molar-refractivity contribution in [1.82, 2.24) is 4.98 Å². The number of rotatable bonds is 3. The number of carbonyl (C=O) groups is 1. The first kappa shape index (κ1) is 17.3. The Morgan fingerprint density at radius 2 is 1.93 bits per heavy atom. The molecule has 0 N–H and O–H groups in total. The molecule has 0 saturated carbocycles. The highest BCUT2D eigenvalue weighted by molar-refractivity contribution is 5.88. The zero-order chi connectivity index (χ0) is 18.8. The molecule has 1 heterocycles. The molecule has 4 rings (SSSR count). The largest absolute Gasteiger partial charge is 0.493 e. The van der Waals surface area contributed by atoms with E-state index < -0.39 is 0 Å². The molecule has 0 unspecified atom stereocenters. The van der Waals surface area contributed by atoms with E-state index in [2.05, 4.69) is 24.3 Å². The van der Waals surface area contributed by atoms with Crippen LogP contribution < -0.4 is 9.47 Å². The maximum Gasteiger partial charge on any atom is 0.308 e. The van der Waals surface area contributed by atoms with Crippen LogP contribution in [0.3, 0.4) is 0 Å². The monoisotopic (exact) mass is 359 g/mol. The van der Waals surface area contributed by atoms with Crippen LogP contribution in [0.25, 0.3) is 22.6 Å². The van der Waals surface area contributed by atoms with Crippen molar-refractivity contribution >= 4 is 28.5 Å². The second-order valence-corrected chi connectivity index (χ2v) is 6.72. The van der Waals surface area contributed by atoms with Crippen LogP contribution in [0.2, 0.25) is 0 Å². The quantitative estimate of drug-likeness (QED) is 0.485. The van der Waals surface area contributed by atoms with Gasteiger partial charge < -0.3 is 9.47 Å². The Labute approximate surface area is 158 Å². The molecule has 2 aromatic carbocycles. The summed E-state index contributed by atoms with van der Waals surface area (Å²) in [6, 6.07) is 16.1. The molecule has 1 aliphatic carbocycles. The standard InChI is InChI=1S/C23H21NO3/c1-15(25)27-21-11-10-16(13-22(21)26-2)12-18-7-5-8-19-14-17-6-3-4-9-20(17)24-23(18)19/h3-4,6,9-14H,5,7-8H2,1-2H3/b18-12+. The van der Waals surface area contributed by atoms with E-state index in [1.54, 1.807) is 13.2 Å². The second kappa shape index (κ2) is 7.23. The van der Waals surface area contributed by atoms with Crippen molar-refractivity contribution in [1.29, 1.82) is 0 Å². The number of nitrogens with zero attached hydrogens (tertiary/aromatic N) is 1. The number of pyridine rings is 1. The van der Waals surface area contributed by atoms with Crippen LogP contribution >= 0.6 is 0 Å². The number of aryl methyl sites for hydroxylation is 1. The van der Waals surface area contributed by atoms with E-state index >= 15 is 0 Å². The highest BCUT2D eigenvalue weighted by Crippen LogP contribution is 2.35. The van der Waals surface area contributed by atoms with Crippen LogP contribution in [0.5, 0.6) is 11.5 Å². The van der Waals surface area contributed by atoms with E-state index in [9.17, 15) is 4.79 Å². The van der Waals surface area contributed by atoms with Crippen LogP contribution in [0.4, 0.5) is 0 Å². The molecule has 0 bridgehead atoms. The van der Waals surface area contributed by atoms with E-state index in [1.165, 1.54) is 23.4 Å². The molecule has 4 nitrogen and oxygen atoms in total. The van der Waals surface area contributed by atoms with E-state index in [1.807, 2.05) is 24.3 Å². The predicted octanol–water partition coefficient (Wildman–Crippen LogP) is 5.05. The molecule has 1 aliphatic rings. The Bertz CT molecular complexity index is 1050. The third-order valence-electron chi connectivity index (χ3n) is 4.78. The van der Waals surface area contributed by atoms with Gasteiger partial charge in [-0.2, -0.15) is 0 Å². The lowest BCUT2D eigenvalue weighted by molar-refractivity contribution is -0.132. The molecule has 136 valence electrons. The van der Waals surface area contributed by atoms with Crippen molar-refractivity contribution in [2.24, 2.45) is 0 Å². The Morgan fingerprint density at radius 3 is 2.74 bits per heavy atom. The van der Waals surface area contributed by atoms with E-state index in [4.69, 9.17) is 14.5 Å². The minimum Gasteiger partial charge on any atom is -0.493 e. The first-order chi connectivity index (χ1) is 13.1. The fraction of sp³-hybridized carbons (Fsp3) is 0.217. The SMILES string of the molecule is COc1cc(/C=C2\CCCc3cc4ccccc4nc32)ccc1OC(C)=O. The van der Waals surface area contributed by atoms with Gasteiger partial charge in [0.05, 0.1) is 18.3 Å². The van der Waals surface area contributed by atoms with Gasteiger partial charge in [-0.15, -0.1) is 0 Å². The van der Waals surface area contributed by atoms with E-state index in [-0.39, 0.29) is 5.97 Å². The minimum atomic E-state index is -0.364. The number of aromatic nitrogens is 1. The summed E-state index contributed by atoms with van der Waals surface area (Å²) >= 11 is 0. The normalized spacial score (nSPS) is 14.8. The fourth-order valence-electron chi connectivity index (χ4n) is 3.57. The number of para-hydroxylation sites is 1. The van der Waals surface area contributed by atoms with Crippen LogP contribution in [0.1, 0.15) is 36.6 Å². The Hall–Kier alpha value is -3.14. The molecule has 0 aliphatic heterocycles. The lowest BCUT2D eigenvalue weighted by atomic mass is 9.89. The zero-order valence-electron chi connectivity index (χ0n) is 15.5. The van der Waals surface area contributed by atoms with Gasteiger partial charge in [-0.05, 0) is 66.3 Å². The smallest absolute Gasteiger partial charge is 0.308 e. The van der Waals surface area contributed by atoms with E-state index in [0.29, 0.717) is 11.5 Å². The van der Waals surface area contributed by atoms with Gasteiger partial charge in [0.25, 0.3) is 0 Å². The Balaban J connectivity index is 1.75. The molecule has 0 saturated heterocycles. The maximum absolute atomic E-state index is 11.2. The number of esters is 1. The number of benzene rings is 2. The van der Waals surface area contributed by atoms with Gasteiger partial charge in [0, 0.05) is 12.3 Å². The molecular weight excluding hydrogens is 338 g/mol. The molecule has 0 fully saturated rings. The van der Waals surface area contributed by atoms with Crippen LogP contribution in [-0.2, 0) is 11.2 Å². The van der Waals surface area contributed by atoms with Crippen molar-refractivity contribution in [2.45, 2.75) is 26.2 Å². The summed E-state index contributed by atoms with van der Waals surface area (Å²) in [4.78, 5) is 16.2. The summed E-state index contributed by atoms with van der Waals surface area (Å²) in [6.07, 6.45) is 5.31. The minimum absolute atomic E-state index is 0.364. The maximum atomic E-state index is 11.2. The molecular formula is C23H21NO3. The topological polar surface area (TPSA) is 48.4 Å². The molecule has 27 heavy (non-hydrogen) atoms. The van der Waals surface area contributed by atoms with Gasteiger partial charge in [0.2, 0.25) is 0 Å². The zero-order valence-corrected chi connectivity index (χ0v) is 15.5. The molecule has 4 heteroatoms. The Morgan fingerprint density at radius 1 is 1.07 bits per heavy atom. The average molecular weight is 359 g/mol. The molecule has 3 aromatic rings. The third-order valence-corrected chi connectivity index (χ3v) is 4.78. The van der Waals surface area contributed by atoms with Crippen molar-refractivity contribution in [3.63, 3.8) is 0 Å². The fourth-order valence-corrected chi connectivity index (χ4v) is 3.57. The first-order valence-electron chi connectivity index (χ1n) is 9.10. The van der Waals surface area contributed by atoms with Gasteiger partial charge in [-0.1, -0.05) is 24.3 Å². The number of ether oxygens (including phenoxy) is 2. The number of hydrogen-bond donors (Lipinski definition) is 0. The lowest BCUT2D eigenvalue weighted by Gasteiger charge is -2.19. The molecule has 1 aromatic heterocycles. The van der Waals surface area contributed by atoms with Crippen LogP contribution in [0, 0.1) is 0 Å². The van der Waals surface area contributed by atoms with Crippen LogP contribution in [-0.4, -0.2) is 18.1 Å². The molecule has 0 atom stereocenters. The van der Waals surface area contributed by atoms with Gasteiger partial charge in [-0.25, -0.2) is 4.98 Å². The van der Waals surface area contributed by atoms with Gasteiger partial charge in [0.15, 0.2) is 11.5 Å². The van der Waals surface area contributed by atoms with Crippen molar-refractivity contribution in [2.75, 3.05) is 7.11 Å². The summed E-state index contributed by atoms with van der Waals surface area (Å²) in [6.45, 7) is 1.38. The van der Waals surface area contributed by atoms with Gasteiger partial charge in [0.1, 0.15) is 0 Å². The number of fused-ring (bicyclic) bond motifs is 2. The second-order valence-electron chi connectivity index (χ2n) is 6.72. The first-order valence-corrected chi connectivity index (χ1v) is 9.10. The highest BCUT2D eigenvalue weighted by Gasteiger charge is 2.17. The number of allylic oxidation sites excluding steroid dienone is 1. The Kier molecular flexibility index (Phi) is 4.63. The molecule has 0 amide bonds. The number of carbonyl (C=O) groups excluding carboxylic acids is 1. The summed E-state index contributed by atoms with van der Waals surface area (Å²) in [5.74, 6) is 0.610. The predicted molar refractivity (Wildman–Crippen MR) is 107 cm³/mol. The summed E-state index contributed by atoms with van der Waals surface area (Å²) in [5.41, 5.74) is 5.63. The van der Waals surface area contributed by atoms with Crippen LogP contribution in [0.15, 0.2) is 48.5 Å². The van der Waals surface area contributed by atoms with Gasteiger partial charge >= 0.3 is 5.97 Å². The molecule has 0 spiro atoms. The number of hydrogen-bond acceptors (Lipinski definition) is 4. The average Bonchev–Trinajstić information content (AvgIpc) is 2.67.